The van der Waals surface area contributed by atoms with E-state index in [0.29, 0.717) is 29.5 Å². The molecule has 1 aromatic carbocycles. The Labute approximate surface area is 104 Å². The van der Waals surface area contributed by atoms with Gasteiger partial charge in [0.2, 0.25) is 6.79 Å². The minimum absolute atomic E-state index is 0.232. The van der Waals surface area contributed by atoms with Crippen molar-refractivity contribution in [1.82, 2.24) is 0 Å². The lowest BCUT2D eigenvalue weighted by atomic mass is 10.1. The van der Waals surface area contributed by atoms with Gasteiger partial charge in [-0.2, -0.15) is 0 Å². The zero-order valence-electron chi connectivity index (χ0n) is 9.80. The zero-order chi connectivity index (χ0) is 12.5. The summed E-state index contributed by atoms with van der Waals surface area (Å²) in [5.74, 6) is 1.43. The maximum absolute atomic E-state index is 11.5. The largest absolute Gasteiger partial charge is 0.454 e. The minimum Gasteiger partial charge on any atom is -0.454 e. The van der Waals surface area contributed by atoms with E-state index < -0.39 is 5.97 Å². The Hall–Kier alpha value is -2.30. The lowest BCUT2D eigenvalue weighted by molar-refractivity contribution is -0.130. The van der Waals surface area contributed by atoms with Gasteiger partial charge in [0.25, 0.3) is 0 Å². The van der Waals surface area contributed by atoms with Crippen LogP contribution in [0.3, 0.4) is 0 Å². The van der Waals surface area contributed by atoms with E-state index in [1.165, 1.54) is 0 Å². The maximum Gasteiger partial charge on any atom is 0.363 e. The molecule has 18 heavy (non-hydrogen) atoms. The molecule has 0 saturated heterocycles. The van der Waals surface area contributed by atoms with E-state index in [1.807, 2.05) is 19.1 Å². The van der Waals surface area contributed by atoms with Crippen LogP contribution in [0, 0.1) is 0 Å². The number of carbonyl (C=O) groups is 1. The van der Waals surface area contributed by atoms with Crippen molar-refractivity contribution in [2.45, 2.75) is 13.3 Å². The first-order valence-corrected chi connectivity index (χ1v) is 5.67. The maximum atomic E-state index is 11.5. The average molecular weight is 245 g/mol. The van der Waals surface area contributed by atoms with Crippen LogP contribution in [0.4, 0.5) is 0 Å². The summed E-state index contributed by atoms with van der Waals surface area (Å²) in [6, 6.07) is 5.45. The monoisotopic (exact) mass is 245 g/mol. The Morgan fingerprint density at radius 1 is 1.33 bits per heavy atom. The van der Waals surface area contributed by atoms with Crippen LogP contribution in [0.25, 0.3) is 6.08 Å². The summed E-state index contributed by atoms with van der Waals surface area (Å²) < 4.78 is 15.5. The van der Waals surface area contributed by atoms with Crippen molar-refractivity contribution in [2.75, 3.05) is 6.79 Å². The van der Waals surface area contributed by atoms with Crippen molar-refractivity contribution in [3.63, 3.8) is 0 Å². The number of cyclic esters (lactones) is 1. The first kappa shape index (κ1) is 10.8. The van der Waals surface area contributed by atoms with E-state index in [-0.39, 0.29) is 6.79 Å². The smallest absolute Gasteiger partial charge is 0.363 e. The highest BCUT2D eigenvalue weighted by Gasteiger charge is 2.21. The molecule has 0 fully saturated rings. The van der Waals surface area contributed by atoms with E-state index in [0.717, 1.165) is 5.56 Å². The Kier molecular flexibility index (Phi) is 2.51. The Bertz CT molecular complexity index is 574. The number of nitrogens with zero attached hydrogens (tertiary/aromatic N) is 1. The van der Waals surface area contributed by atoms with Crippen LogP contribution in [-0.2, 0) is 9.53 Å². The van der Waals surface area contributed by atoms with Crippen molar-refractivity contribution in [3.8, 4) is 11.5 Å². The van der Waals surface area contributed by atoms with Crippen molar-refractivity contribution < 1.29 is 19.0 Å². The molecule has 0 saturated carbocycles. The highest BCUT2D eigenvalue weighted by atomic mass is 16.7. The summed E-state index contributed by atoms with van der Waals surface area (Å²) in [6.45, 7) is 2.12. The summed E-state index contributed by atoms with van der Waals surface area (Å²) in [7, 11) is 0. The van der Waals surface area contributed by atoms with Gasteiger partial charge in [-0.3, -0.25) is 0 Å². The fourth-order valence-corrected chi connectivity index (χ4v) is 1.77. The molecule has 0 unspecified atom stereocenters. The molecule has 0 bridgehead atoms. The number of hydrogen-bond donors (Lipinski definition) is 0. The van der Waals surface area contributed by atoms with Crippen LogP contribution in [-0.4, -0.2) is 18.7 Å². The van der Waals surface area contributed by atoms with Crippen LogP contribution in [0.1, 0.15) is 18.9 Å². The molecule has 0 N–H and O–H groups in total. The zero-order valence-corrected chi connectivity index (χ0v) is 9.80. The summed E-state index contributed by atoms with van der Waals surface area (Å²) in [5, 5.41) is 0. The second kappa shape index (κ2) is 4.18. The van der Waals surface area contributed by atoms with Crippen molar-refractivity contribution >= 4 is 17.9 Å². The second-order valence-corrected chi connectivity index (χ2v) is 3.89. The molecule has 2 aliphatic rings. The van der Waals surface area contributed by atoms with Gasteiger partial charge >= 0.3 is 5.97 Å². The highest BCUT2D eigenvalue weighted by molar-refractivity contribution is 6.07. The number of esters is 1. The Morgan fingerprint density at radius 3 is 2.94 bits per heavy atom. The molecule has 0 amide bonds. The summed E-state index contributed by atoms with van der Waals surface area (Å²) >= 11 is 0. The van der Waals surface area contributed by atoms with Crippen molar-refractivity contribution in [2.24, 2.45) is 4.99 Å². The third-order valence-electron chi connectivity index (χ3n) is 2.67. The molecular weight excluding hydrogens is 234 g/mol. The summed E-state index contributed by atoms with van der Waals surface area (Å²) in [6.07, 6.45) is 2.27. The minimum atomic E-state index is -0.412. The van der Waals surface area contributed by atoms with Gasteiger partial charge in [-0.25, -0.2) is 9.79 Å². The molecule has 2 heterocycles. The molecule has 0 atom stereocenters. The van der Waals surface area contributed by atoms with Crippen LogP contribution in [0.5, 0.6) is 11.5 Å². The number of fused-ring (bicyclic) bond motifs is 1. The molecule has 5 heteroatoms. The molecule has 3 rings (SSSR count). The number of hydrogen-bond acceptors (Lipinski definition) is 5. The van der Waals surface area contributed by atoms with Gasteiger partial charge < -0.3 is 14.2 Å². The summed E-state index contributed by atoms with van der Waals surface area (Å²) in [4.78, 5) is 15.6. The molecule has 0 spiro atoms. The van der Waals surface area contributed by atoms with E-state index in [9.17, 15) is 4.79 Å². The standard InChI is InChI=1S/C13H11NO4/c1-2-12-14-9(13(15)18-12)5-8-3-4-10-11(6-8)17-7-16-10/h3-6H,2,7H2,1H3/b9-5+. The van der Waals surface area contributed by atoms with Crippen LogP contribution < -0.4 is 9.47 Å². The molecular formula is C13H11NO4. The van der Waals surface area contributed by atoms with Crippen LogP contribution in [0.2, 0.25) is 0 Å². The van der Waals surface area contributed by atoms with Gasteiger partial charge in [0.05, 0.1) is 0 Å². The number of rotatable bonds is 2. The quantitative estimate of drug-likeness (QED) is 0.591. The van der Waals surface area contributed by atoms with Gasteiger partial charge in [0.15, 0.2) is 23.1 Å². The molecule has 5 nitrogen and oxygen atoms in total. The lowest BCUT2D eigenvalue weighted by Crippen LogP contribution is -2.02. The molecule has 0 aromatic heterocycles. The van der Waals surface area contributed by atoms with Gasteiger partial charge in [0.1, 0.15) is 0 Å². The van der Waals surface area contributed by atoms with Gasteiger partial charge in [-0.05, 0) is 23.8 Å². The van der Waals surface area contributed by atoms with E-state index >= 15 is 0 Å². The molecule has 1 aromatic rings. The van der Waals surface area contributed by atoms with Gasteiger partial charge in [0, 0.05) is 6.42 Å². The highest BCUT2D eigenvalue weighted by Crippen LogP contribution is 2.33. The van der Waals surface area contributed by atoms with Crippen LogP contribution >= 0.6 is 0 Å². The average Bonchev–Trinajstić information content (AvgIpc) is 2.96. The summed E-state index contributed by atoms with van der Waals surface area (Å²) in [5.41, 5.74) is 1.14. The number of aliphatic imine (C=N–C) groups is 1. The Balaban J connectivity index is 1.92. The molecule has 0 aliphatic carbocycles. The molecule has 2 aliphatic heterocycles. The number of ether oxygens (including phenoxy) is 3. The molecule has 92 valence electrons. The third-order valence-corrected chi connectivity index (χ3v) is 2.67. The first-order valence-electron chi connectivity index (χ1n) is 5.67. The predicted octanol–water partition coefficient (Wildman–Crippen LogP) is 2.12. The fourth-order valence-electron chi connectivity index (χ4n) is 1.77. The lowest BCUT2D eigenvalue weighted by Gasteiger charge is -1.97. The van der Waals surface area contributed by atoms with Gasteiger partial charge in [-0.15, -0.1) is 0 Å². The van der Waals surface area contributed by atoms with E-state index in [2.05, 4.69) is 4.99 Å². The van der Waals surface area contributed by atoms with E-state index in [4.69, 9.17) is 14.2 Å². The Morgan fingerprint density at radius 2 is 2.17 bits per heavy atom. The first-order chi connectivity index (χ1) is 8.76. The SMILES string of the molecule is CCC1=N/C(=C/c2ccc3c(c2)OCO3)C(=O)O1. The van der Waals surface area contributed by atoms with Crippen molar-refractivity contribution in [1.29, 1.82) is 0 Å². The van der Waals surface area contributed by atoms with E-state index in [1.54, 1.807) is 12.1 Å². The van der Waals surface area contributed by atoms with Gasteiger partial charge in [-0.1, -0.05) is 13.0 Å². The topological polar surface area (TPSA) is 57.1 Å². The number of carbonyl (C=O) groups excluding carboxylic acids is 1. The predicted molar refractivity (Wildman–Crippen MR) is 64.4 cm³/mol. The molecule has 0 radical (unpaired) electrons. The fraction of sp³-hybridized carbons (Fsp3) is 0.231. The second-order valence-electron chi connectivity index (χ2n) is 3.89. The van der Waals surface area contributed by atoms with Crippen molar-refractivity contribution in [3.05, 3.63) is 29.5 Å². The van der Waals surface area contributed by atoms with Crippen LogP contribution in [0.15, 0.2) is 28.9 Å². The third kappa shape index (κ3) is 1.84. The normalized spacial score (nSPS) is 19.1. The number of benzene rings is 1.